The molecule has 98 valence electrons. The predicted molar refractivity (Wildman–Crippen MR) is 81.0 cm³/mol. The molecule has 0 saturated carbocycles. The van der Waals surface area contributed by atoms with Crippen molar-refractivity contribution in [3.63, 3.8) is 0 Å². The molecule has 0 aliphatic carbocycles. The molecule has 0 radical (unpaired) electrons. The predicted octanol–water partition coefficient (Wildman–Crippen LogP) is 3.15. The largest absolute Gasteiger partial charge is 0.393 e. The first kappa shape index (κ1) is 13.8. The van der Waals surface area contributed by atoms with Gasteiger partial charge in [0.15, 0.2) is 0 Å². The van der Waals surface area contributed by atoms with Crippen molar-refractivity contribution in [2.75, 3.05) is 13.1 Å². The first-order valence-electron chi connectivity index (χ1n) is 6.33. The Morgan fingerprint density at radius 1 is 1.44 bits per heavy atom. The molecule has 2 N–H and O–H groups in total. The maximum atomic E-state index is 6.26. The first-order chi connectivity index (χ1) is 8.56. The van der Waals surface area contributed by atoms with Crippen LogP contribution in [0.5, 0.6) is 0 Å². The van der Waals surface area contributed by atoms with Gasteiger partial charge in [-0.1, -0.05) is 36.0 Å². The minimum Gasteiger partial charge on any atom is -0.393 e. The summed E-state index contributed by atoms with van der Waals surface area (Å²) >= 11 is 11.3. The lowest BCUT2D eigenvalue weighted by Crippen LogP contribution is -2.37. The summed E-state index contributed by atoms with van der Waals surface area (Å²) in [6, 6.07) is 6.26. The van der Waals surface area contributed by atoms with Crippen LogP contribution < -0.4 is 5.73 Å². The smallest absolute Gasteiger partial charge is 0.0759 e. The average Bonchev–Trinajstić information content (AvgIpc) is 2.33. The number of hydrogen-bond acceptors (Lipinski definition) is 2. The highest BCUT2D eigenvalue weighted by molar-refractivity contribution is 7.80. The molecule has 0 unspecified atom stereocenters. The van der Waals surface area contributed by atoms with Crippen LogP contribution >= 0.6 is 23.8 Å². The molecule has 4 heteroatoms. The van der Waals surface area contributed by atoms with Gasteiger partial charge in [0, 0.05) is 17.5 Å². The quantitative estimate of drug-likeness (QED) is 0.864. The number of piperidine rings is 1. The number of nitrogens with zero attached hydrogens (tertiary/aromatic N) is 1. The Morgan fingerprint density at radius 2 is 2.11 bits per heavy atom. The monoisotopic (exact) mass is 282 g/mol. The summed E-state index contributed by atoms with van der Waals surface area (Å²) in [7, 11) is 0. The zero-order chi connectivity index (χ0) is 13.1. The van der Waals surface area contributed by atoms with Crippen LogP contribution in [0.2, 0.25) is 5.02 Å². The molecule has 1 aromatic carbocycles. The van der Waals surface area contributed by atoms with E-state index in [2.05, 4.69) is 24.0 Å². The van der Waals surface area contributed by atoms with Crippen molar-refractivity contribution in [3.05, 3.63) is 34.3 Å². The highest BCUT2D eigenvalue weighted by atomic mass is 35.5. The second-order valence-electron chi connectivity index (χ2n) is 5.05. The van der Waals surface area contributed by atoms with Crippen LogP contribution in [0.25, 0.3) is 0 Å². The molecule has 0 aromatic heterocycles. The van der Waals surface area contributed by atoms with Gasteiger partial charge in [0.05, 0.1) is 4.99 Å². The number of aryl methyl sites for hydroxylation is 1. The fourth-order valence-electron chi connectivity index (χ4n) is 2.40. The molecule has 0 amide bonds. The van der Waals surface area contributed by atoms with Crippen molar-refractivity contribution >= 4 is 28.8 Å². The lowest BCUT2D eigenvalue weighted by atomic mass is 9.96. The third-order valence-corrected chi connectivity index (χ3v) is 4.28. The molecule has 0 spiro atoms. The highest BCUT2D eigenvalue weighted by Gasteiger charge is 2.21. The Balaban J connectivity index is 1.93. The molecule has 18 heavy (non-hydrogen) atoms. The molecule has 2 nitrogen and oxygen atoms in total. The van der Waals surface area contributed by atoms with Crippen molar-refractivity contribution in [1.82, 2.24) is 4.90 Å². The number of benzene rings is 1. The maximum absolute atomic E-state index is 6.26. The van der Waals surface area contributed by atoms with Crippen LogP contribution in [-0.4, -0.2) is 23.0 Å². The van der Waals surface area contributed by atoms with E-state index in [9.17, 15) is 0 Å². The number of nitrogens with two attached hydrogens (primary N) is 1. The van der Waals surface area contributed by atoms with Gasteiger partial charge in [-0.15, -0.1) is 0 Å². The van der Waals surface area contributed by atoms with Crippen LogP contribution in [0.15, 0.2) is 18.2 Å². The van der Waals surface area contributed by atoms with Crippen molar-refractivity contribution in [2.24, 2.45) is 11.7 Å². The summed E-state index contributed by atoms with van der Waals surface area (Å²) in [6.07, 6.45) is 2.14. The summed E-state index contributed by atoms with van der Waals surface area (Å²) in [5.41, 5.74) is 8.11. The van der Waals surface area contributed by atoms with E-state index in [1.807, 2.05) is 6.07 Å². The van der Waals surface area contributed by atoms with E-state index in [4.69, 9.17) is 29.6 Å². The Kier molecular flexibility index (Phi) is 4.60. The molecule has 1 aliphatic rings. The van der Waals surface area contributed by atoms with E-state index in [1.54, 1.807) is 0 Å². The number of thiocarbonyl (C=S) groups is 1. The van der Waals surface area contributed by atoms with Gasteiger partial charge in [-0.25, -0.2) is 0 Å². The Bertz CT molecular complexity index is 439. The van der Waals surface area contributed by atoms with Crippen molar-refractivity contribution in [3.8, 4) is 0 Å². The molecule has 1 aromatic rings. The van der Waals surface area contributed by atoms with E-state index in [0.717, 1.165) is 37.5 Å². The number of hydrogen-bond donors (Lipinski definition) is 1. The fraction of sp³-hybridized carbons (Fsp3) is 0.500. The third-order valence-electron chi connectivity index (χ3n) is 3.59. The van der Waals surface area contributed by atoms with Crippen molar-refractivity contribution < 1.29 is 0 Å². The molecule has 1 aliphatic heterocycles. The highest BCUT2D eigenvalue weighted by Crippen LogP contribution is 2.23. The Hall–Kier alpha value is -0.640. The second-order valence-corrected chi connectivity index (χ2v) is 5.93. The van der Waals surface area contributed by atoms with E-state index in [-0.39, 0.29) is 0 Å². The fourth-order valence-corrected chi connectivity index (χ4v) is 2.93. The van der Waals surface area contributed by atoms with Crippen LogP contribution in [0, 0.1) is 12.8 Å². The van der Waals surface area contributed by atoms with E-state index >= 15 is 0 Å². The topological polar surface area (TPSA) is 29.3 Å². The van der Waals surface area contributed by atoms with E-state index in [0.29, 0.717) is 10.9 Å². The number of halogens is 1. The summed E-state index contributed by atoms with van der Waals surface area (Å²) in [5, 5.41) is 0.867. The van der Waals surface area contributed by atoms with Gasteiger partial charge in [-0.3, -0.25) is 4.90 Å². The molecular formula is C14H19ClN2S. The van der Waals surface area contributed by atoms with Crippen LogP contribution in [0.1, 0.15) is 24.0 Å². The van der Waals surface area contributed by atoms with Crippen molar-refractivity contribution in [1.29, 1.82) is 0 Å². The zero-order valence-corrected chi connectivity index (χ0v) is 12.2. The zero-order valence-electron chi connectivity index (χ0n) is 10.7. The summed E-state index contributed by atoms with van der Waals surface area (Å²) in [4.78, 5) is 3.09. The Morgan fingerprint density at radius 3 is 2.67 bits per heavy atom. The third kappa shape index (κ3) is 3.44. The lowest BCUT2D eigenvalue weighted by Gasteiger charge is -2.31. The van der Waals surface area contributed by atoms with Crippen molar-refractivity contribution in [2.45, 2.75) is 26.3 Å². The number of likely N-dealkylation sites (tertiary alicyclic amines) is 1. The standard InChI is InChI=1S/C14H19ClN2S/c1-10-2-3-12(13(15)8-10)9-17-6-4-11(5-7-17)14(16)18/h2-3,8,11H,4-7,9H2,1H3,(H2,16,18). The molecule has 1 fully saturated rings. The summed E-state index contributed by atoms with van der Waals surface area (Å²) < 4.78 is 0. The maximum Gasteiger partial charge on any atom is 0.0759 e. The second kappa shape index (κ2) is 6.00. The normalized spacial score (nSPS) is 17.9. The van der Waals surface area contributed by atoms with Gasteiger partial charge in [0.25, 0.3) is 0 Å². The van der Waals surface area contributed by atoms with Gasteiger partial charge in [-0.2, -0.15) is 0 Å². The molecule has 0 atom stereocenters. The molecular weight excluding hydrogens is 264 g/mol. The first-order valence-corrected chi connectivity index (χ1v) is 7.11. The van der Waals surface area contributed by atoms with Gasteiger partial charge >= 0.3 is 0 Å². The summed E-state index contributed by atoms with van der Waals surface area (Å²) in [6.45, 7) is 5.07. The van der Waals surface area contributed by atoms with Gasteiger partial charge in [-0.05, 0) is 50.0 Å². The van der Waals surface area contributed by atoms with Gasteiger partial charge < -0.3 is 5.73 Å². The minimum absolute atomic E-state index is 0.421. The molecule has 1 heterocycles. The SMILES string of the molecule is Cc1ccc(CN2CCC(C(N)=S)CC2)c(Cl)c1. The van der Waals surface area contributed by atoms with Gasteiger partial charge in [0.1, 0.15) is 0 Å². The van der Waals surface area contributed by atoms with Crippen LogP contribution in [-0.2, 0) is 6.54 Å². The van der Waals surface area contributed by atoms with Gasteiger partial charge in [0.2, 0.25) is 0 Å². The molecule has 2 rings (SSSR count). The minimum atomic E-state index is 0.421. The lowest BCUT2D eigenvalue weighted by molar-refractivity contribution is 0.202. The van der Waals surface area contributed by atoms with Crippen LogP contribution in [0.4, 0.5) is 0 Å². The molecule has 0 bridgehead atoms. The van der Waals surface area contributed by atoms with Crippen LogP contribution in [0.3, 0.4) is 0 Å². The summed E-state index contributed by atoms with van der Waals surface area (Å²) in [5.74, 6) is 0.421. The molecule has 1 saturated heterocycles. The average molecular weight is 283 g/mol. The van der Waals surface area contributed by atoms with E-state index < -0.39 is 0 Å². The Labute approximate surface area is 119 Å². The van der Waals surface area contributed by atoms with E-state index in [1.165, 1.54) is 11.1 Å². The number of rotatable bonds is 3.